The van der Waals surface area contributed by atoms with Gasteiger partial charge in [0.2, 0.25) is 0 Å². The summed E-state index contributed by atoms with van der Waals surface area (Å²) in [5.74, 6) is 1.63. The van der Waals surface area contributed by atoms with E-state index in [0.717, 1.165) is 24.8 Å². The van der Waals surface area contributed by atoms with Crippen LogP contribution in [-0.2, 0) is 11.2 Å². The van der Waals surface area contributed by atoms with Gasteiger partial charge >= 0.3 is 0 Å². The van der Waals surface area contributed by atoms with Crippen LogP contribution in [-0.4, -0.2) is 50.8 Å². The third-order valence-electron chi connectivity index (χ3n) is 4.87. The van der Waals surface area contributed by atoms with Crippen molar-refractivity contribution < 1.29 is 18.7 Å². The van der Waals surface area contributed by atoms with Gasteiger partial charge in [-0.1, -0.05) is 12.1 Å². The molecule has 0 aliphatic heterocycles. The van der Waals surface area contributed by atoms with Crippen LogP contribution in [0, 0.1) is 5.82 Å². The molecule has 1 amide bonds. The Morgan fingerprint density at radius 3 is 2.39 bits per heavy atom. The van der Waals surface area contributed by atoms with Crippen molar-refractivity contribution in [3.8, 4) is 11.5 Å². The van der Waals surface area contributed by atoms with E-state index in [4.69, 9.17) is 9.47 Å². The van der Waals surface area contributed by atoms with Gasteiger partial charge in [-0.05, 0) is 68.1 Å². The maximum Gasteiger partial charge on any atom is 0.258 e. The van der Waals surface area contributed by atoms with Crippen molar-refractivity contribution in [3.63, 3.8) is 0 Å². The van der Waals surface area contributed by atoms with Crippen LogP contribution in [0.1, 0.15) is 25.3 Å². The number of halogens is 2. The van der Waals surface area contributed by atoms with Gasteiger partial charge in [-0.15, -0.1) is 24.0 Å². The number of aliphatic imine (C=N–C) groups is 1. The Morgan fingerprint density at radius 1 is 1.09 bits per heavy atom. The minimum absolute atomic E-state index is 0. The summed E-state index contributed by atoms with van der Waals surface area (Å²) in [7, 11) is 1.71. The molecule has 3 N–H and O–H groups in total. The van der Waals surface area contributed by atoms with Crippen LogP contribution in [0.4, 0.5) is 4.39 Å². The highest BCUT2D eigenvalue weighted by atomic mass is 127. The molecule has 1 saturated carbocycles. The number of guanidine groups is 1. The number of nitrogens with zero attached hydrogens (tertiary/aromatic N) is 1. The van der Waals surface area contributed by atoms with Crippen molar-refractivity contribution in [2.24, 2.45) is 4.99 Å². The SMILES string of the molecule is CN=C(NCCc1ccc(OCC(=O)NC2CC2)cc1)NCC(C)Oc1ccc(F)cc1.I. The Balaban J connectivity index is 0.00000385. The number of carbonyl (C=O) groups excluding carboxylic acids is 1. The second kappa shape index (κ2) is 13.9. The fourth-order valence-corrected chi connectivity index (χ4v) is 2.97. The van der Waals surface area contributed by atoms with Crippen LogP contribution in [0.15, 0.2) is 53.5 Å². The quantitative estimate of drug-likeness (QED) is 0.220. The Morgan fingerprint density at radius 2 is 1.76 bits per heavy atom. The van der Waals surface area contributed by atoms with E-state index in [2.05, 4.69) is 20.9 Å². The maximum atomic E-state index is 13.0. The molecule has 3 rings (SSSR count). The minimum atomic E-state index is -0.286. The summed E-state index contributed by atoms with van der Waals surface area (Å²) in [6.45, 7) is 3.24. The first-order chi connectivity index (χ1) is 15.5. The normalized spacial score (nSPS) is 14.0. The largest absolute Gasteiger partial charge is 0.489 e. The van der Waals surface area contributed by atoms with Gasteiger partial charge in [0, 0.05) is 19.6 Å². The standard InChI is InChI=1S/C24H31FN4O3.HI/c1-17(32-22-11-5-19(25)6-12-22)15-28-24(26-2)27-14-13-18-3-9-21(10-4-18)31-16-23(30)29-20-7-8-20;/h3-6,9-12,17,20H,7-8,13-16H2,1-2H3,(H,29,30)(H2,26,27,28);1H. The van der Waals surface area contributed by atoms with Crippen molar-refractivity contribution >= 4 is 35.8 Å². The van der Waals surface area contributed by atoms with E-state index in [-0.39, 0.29) is 48.4 Å². The van der Waals surface area contributed by atoms with E-state index < -0.39 is 0 Å². The molecule has 0 saturated heterocycles. The Labute approximate surface area is 211 Å². The number of nitrogens with one attached hydrogen (secondary N) is 3. The number of hydrogen-bond acceptors (Lipinski definition) is 4. The summed E-state index contributed by atoms with van der Waals surface area (Å²) in [6.07, 6.45) is 2.83. The second-order valence-corrected chi connectivity index (χ2v) is 7.79. The lowest BCUT2D eigenvalue weighted by molar-refractivity contribution is -0.123. The zero-order chi connectivity index (χ0) is 22.8. The van der Waals surface area contributed by atoms with Gasteiger partial charge in [0.25, 0.3) is 5.91 Å². The fourth-order valence-electron chi connectivity index (χ4n) is 2.97. The number of carbonyl (C=O) groups is 1. The Bertz CT molecular complexity index is 890. The fraction of sp³-hybridized carbons (Fsp3) is 0.417. The molecule has 0 aromatic heterocycles. The summed E-state index contributed by atoms with van der Waals surface area (Å²) in [6, 6.07) is 14.0. The summed E-state index contributed by atoms with van der Waals surface area (Å²) in [5, 5.41) is 9.40. The van der Waals surface area contributed by atoms with Crippen LogP contribution in [0.3, 0.4) is 0 Å². The van der Waals surface area contributed by atoms with E-state index in [1.54, 1.807) is 19.2 Å². The zero-order valence-electron chi connectivity index (χ0n) is 19.0. The zero-order valence-corrected chi connectivity index (χ0v) is 21.3. The molecule has 0 bridgehead atoms. The molecule has 9 heteroatoms. The van der Waals surface area contributed by atoms with E-state index in [9.17, 15) is 9.18 Å². The van der Waals surface area contributed by atoms with Crippen LogP contribution in [0.25, 0.3) is 0 Å². The number of rotatable bonds is 11. The number of ether oxygens (including phenoxy) is 2. The highest BCUT2D eigenvalue weighted by Gasteiger charge is 2.23. The van der Waals surface area contributed by atoms with Crippen molar-refractivity contribution in [1.82, 2.24) is 16.0 Å². The highest BCUT2D eigenvalue weighted by Crippen LogP contribution is 2.18. The van der Waals surface area contributed by atoms with Gasteiger partial charge in [-0.2, -0.15) is 0 Å². The molecule has 2 aromatic carbocycles. The van der Waals surface area contributed by atoms with Gasteiger partial charge in [0.15, 0.2) is 12.6 Å². The monoisotopic (exact) mass is 570 g/mol. The lowest BCUT2D eigenvalue weighted by Crippen LogP contribution is -2.42. The van der Waals surface area contributed by atoms with Crippen LogP contribution in [0.2, 0.25) is 0 Å². The summed E-state index contributed by atoms with van der Waals surface area (Å²) in [5.41, 5.74) is 1.15. The third kappa shape index (κ3) is 10.3. The first-order valence-electron chi connectivity index (χ1n) is 10.9. The number of amides is 1. The van der Waals surface area contributed by atoms with Crippen LogP contribution >= 0.6 is 24.0 Å². The molecule has 1 fully saturated rings. The third-order valence-corrected chi connectivity index (χ3v) is 4.87. The molecule has 7 nitrogen and oxygen atoms in total. The van der Waals surface area contributed by atoms with Crippen LogP contribution in [0.5, 0.6) is 11.5 Å². The molecule has 1 unspecified atom stereocenters. The first-order valence-corrected chi connectivity index (χ1v) is 10.9. The molecule has 2 aromatic rings. The van der Waals surface area contributed by atoms with Crippen molar-refractivity contribution in [1.29, 1.82) is 0 Å². The van der Waals surface area contributed by atoms with Crippen LogP contribution < -0.4 is 25.4 Å². The molecule has 1 atom stereocenters. The van der Waals surface area contributed by atoms with E-state index in [0.29, 0.717) is 36.6 Å². The summed E-state index contributed by atoms with van der Waals surface area (Å²) in [4.78, 5) is 15.9. The molecule has 1 aliphatic carbocycles. The van der Waals surface area contributed by atoms with E-state index >= 15 is 0 Å². The number of hydrogen-bond donors (Lipinski definition) is 3. The molecular formula is C24H32FIN4O3. The van der Waals surface area contributed by atoms with Gasteiger partial charge < -0.3 is 25.4 Å². The highest BCUT2D eigenvalue weighted by molar-refractivity contribution is 14.0. The molecule has 0 heterocycles. The summed E-state index contributed by atoms with van der Waals surface area (Å²) >= 11 is 0. The lowest BCUT2D eigenvalue weighted by Gasteiger charge is -2.17. The lowest BCUT2D eigenvalue weighted by atomic mass is 10.1. The Kier molecular flexibility index (Phi) is 11.2. The predicted molar refractivity (Wildman–Crippen MR) is 138 cm³/mol. The molecule has 0 spiro atoms. The average molecular weight is 570 g/mol. The van der Waals surface area contributed by atoms with Crippen molar-refractivity contribution in [2.75, 3.05) is 26.7 Å². The molecule has 180 valence electrons. The van der Waals surface area contributed by atoms with Crippen molar-refractivity contribution in [2.45, 2.75) is 38.3 Å². The average Bonchev–Trinajstić information content (AvgIpc) is 3.61. The first kappa shape index (κ1) is 26.7. The Hall–Kier alpha value is -2.56. The summed E-state index contributed by atoms with van der Waals surface area (Å²) < 4.78 is 24.3. The minimum Gasteiger partial charge on any atom is -0.489 e. The molecule has 0 radical (unpaired) electrons. The predicted octanol–water partition coefficient (Wildman–Crippen LogP) is 3.28. The van der Waals surface area contributed by atoms with E-state index in [1.165, 1.54) is 12.1 Å². The smallest absolute Gasteiger partial charge is 0.258 e. The van der Waals surface area contributed by atoms with E-state index in [1.807, 2.05) is 31.2 Å². The van der Waals surface area contributed by atoms with Gasteiger partial charge in [0.1, 0.15) is 23.4 Å². The second-order valence-electron chi connectivity index (χ2n) is 7.79. The topological polar surface area (TPSA) is 84.0 Å². The van der Waals surface area contributed by atoms with Crippen molar-refractivity contribution in [3.05, 3.63) is 59.9 Å². The number of benzene rings is 2. The molecule has 33 heavy (non-hydrogen) atoms. The molecular weight excluding hydrogens is 538 g/mol. The molecule has 1 aliphatic rings. The maximum absolute atomic E-state index is 13.0. The van der Waals surface area contributed by atoms with Gasteiger partial charge in [-0.3, -0.25) is 9.79 Å². The van der Waals surface area contributed by atoms with Gasteiger partial charge in [0.05, 0.1) is 6.54 Å². The van der Waals surface area contributed by atoms with Gasteiger partial charge in [-0.25, -0.2) is 4.39 Å².